The fraction of sp³-hybridized carbons (Fsp3) is 0.562. The van der Waals surface area contributed by atoms with Gasteiger partial charge in [-0.2, -0.15) is 0 Å². The first-order valence-corrected chi connectivity index (χ1v) is 7.13. The zero-order chi connectivity index (χ0) is 15.7. The second kappa shape index (κ2) is 8.64. The second-order valence-electron chi connectivity index (χ2n) is 5.69. The van der Waals surface area contributed by atoms with Gasteiger partial charge in [-0.05, 0) is 32.9 Å². The highest BCUT2D eigenvalue weighted by atomic mass is 16.6. The first-order chi connectivity index (χ1) is 9.92. The lowest BCUT2D eigenvalue weighted by Gasteiger charge is -2.24. The fourth-order valence-corrected chi connectivity index (χ4v) is 1.83. The van der Waals surface area contributed by atoms with Crippen molar-refractivity contribution in [1.82, 2.24) is 0 Å². The van der Waals surface area contributed by atoms with Crippen molar-refractivity contribution in [2.45, 2.75) is 26.4 Å². The summed E-state index contributed by atoms with van der Waals surface area (Å²) >= 11 is 0. The molecule has 0 aliphatic heterocycles. The molecule has 21 heavy (non-hydrogen) atoms. The van der Waals surface area contributed by atoms with E-state index in [0.29, 0.717) is 19.7 Å². The van der Waals surface area contributed by atoms with Crippen molar-refractivity contribution in [3.05, 3.63) is 30.3 Å². The van der Waals surface area contributed by atoms with Gasteiger partial charge in [0.2, 0.25) is 0 Å². The number of nitrogens with zero attached hydrogens (tertiary/aromatic N) is 1. The molecule has 0 aliphatic carbocycles. The zero-order valence-corrected chi connectivity index (χ0v) is 13.0. The summed E-state index contributed by atoms with van der Waals surface area (Å²) in [6.07, 6.45) is 0. The highest BCUT2D eigenvalue weighted by Crippen LogP contribution is 2.12. The predicted molar refractivity (Wildman–Crippen MR) is 82.4 cm³/mol. The summed E-state index contributed by atoms with van der Waals surface area (Å²) in [7, 11) is 0. The van der Waals surface area contributed by atoms with Gasteiger partial charge >= 0.3 is 5.97 Å². The molecule has 0 fully saturated rings. The summed E-state index contributed by atoms with van der Waals surface area (Å²) in [6.45, 7) is 7.01. The van der Waals surface area contributed by atoms with E-state index in [2.05, 4.69) is 0 Å². The number of para-hydroxylation sites is 1. The quantitative estimate of drug-likeness (QED) is 0.586. The minimum atomic E-state index is -0.493. The van der Waals surface area contributed by atoms with E-state index in [9.17, 15) is 4.79 Å². The largest absolute Gasteiger partial charge is 0.458 e. The summed E-state index contributed by atoms with van der Waals surface area (Å²) in [4.78, 5) is 13.5. The van der Waals surface area contributed by atoms with Crippen molar-refractivity contribution in [3.63, 3.8) is 0 Å². The maximum Gasteiger partial charge on any atom is 0.332 e. The number of anilines is 1. The predicted octanol–water partition coefficient (Wildman–Crippen LogP) is 1.84. The molecule has 0 unspecified atom stereocenters. The molecule has 0 aliphatic rings. The van der Waals surface area contributed by atoms with Crippen LogP contribution in [-0.2, 0) is 14.3 Å². The molecular formula is C16H25NO4. The summed E-state index contributed by atoms with van der Waals surface area (Å²) < 4.78 is 10.5. The molecule has 1 aromatic rings. The molecule has 0 aromatic heterocycles. The van der Waals surface area contributed by atoms with E-state index in [4.69, 9.17) is 14.6 Å². The Morgan fingerprint density at radius 1 is 1.19 bits per heavy atom. The molecule has 0 spiro atoms. The highest BCUT2D eigenvalue weighted by Gasteiger charge is 2.16. The van der Waals surface area contributed by atoms with E-state index in [-0.39, 0.29) is 19.2 Å². The van der Waals surface area contributed by atoms with Crippen molar-refractivity contribution >= 4 is 11.7 Å². The number of esters is 1. The van der Waals surface area contributed by atoms with Crippen LogP contribution >= 0.6 is 0 Å². The van der Waals surface area contributed by atoms with Crippen LogP contribution in [0.2, 0.25) is 0 Å². The third kappa shape index (κ3) is 7.68. The lowest BCUT2D eigenvalue weighted by molar-refractivity contribution is -0.160. The third-order valence-electron chi connectivity index (χ3n) is 2.64. The number of rotatable bonds is 8. The summed E-state index contributed by atoms with van der Waals surface area (Å²) in [5, 5.41) is 9.11. The Morgan fingerprint density at radius 2 is 1.86 bits per heavy atom. The molecular weight excluding hydrogens is 270 g/mol. The van der Waals surface area contributed by atoms with Gasteiger partial charge in [-0.3, -0.25) is 0 Å². The SMILES string of the molecule is CC(C)(C)OC(=O)COCCN(CCO)c1ccccc1. The molecule has 0 atom stereocenters. The van der Waals surface area contributed by atoms with Crippen molar-refractivity contribution in [1.29, 1.82) is 0 Å². The maximum absolute atomic E-state index is 11.5. The standard InChI is InChI=1S/C16H25NO4/c1-16(2,3)21-15(19)13-20-12-10-17(9-11-18)14-7-5-4-6-8-14/h4-8,18H,9-13H2,1-3H3. The third-order valence-corrected chi connectivity index (χ3v) is 2.64. The molecule has 5 nitrogen and oxygen atoms in total. The van der Waals surface area contributed by atoms with Crippen LogP contribution in [0.3, 0.4) is 0 Å². The van der Waals surface area contributed by atoms with Gasteiger partial charge < -0.3 is 19.5 Å². The Bertz CT molecular complexity index is 414. The minimum Gasteiger partial charge on any atom is -0.458 e. The minimum absolute atomic E-state index is 0.0565. The Labute approximate surface area is 126 Å². The van der Waals surface area contributed by atoms with Crippen molar-refractivity contribution in [2.24, 2.45) is 0 Å². The zero-order valence-electron chi connectivity index (χ0n) is 13.0. The summed E-state index contributed by atoms with van der Waals surface area (Å²) in [5.74, 6) is -0.365. The first kappa shape index (κ1) is 17.5. The smallest absolute Gasteiger partial charge is 0.332 e. The van der Waals surface area contributed by atoms with E-state index >= 15 is 0 Å². The van der Waals surface area contributed by atoms with Crippen molar-refractivity contribution in [3.8, 4) is 0 Å². The number of benzene rings is 1. The number of aliphatic hydroxyl groups excluding tert-OH is 1. The topological polar surface area (TPSA) is 59.0 Å². The van der Waals surface area contributed by atoms with Gasteiger partial charge in [0.05, 0.1) is 13.2 Å². The van der Waals surface area contributed by atoms with Gasteiger partial charge in [-0.25, -0.2) is 4.79 Å². The van der Waals surface area contributed by atoms with Crippen molar-refractivity contribution < 1.29 is 19.4 Å². The summed E-state index contributed by atoms with van der Waals surface area (Å²) in [6, 6.07) is 9.79. The molecule has 1 rings (SSSR count). The van der Waals surface area contributed by atoms with Crippen LogP contribution in [-0.4, -0.2) is 49.6 Å². The molecule has 1 N–H and O–H groups in total. The van der Waals surface area contributed by atoms with E-state index in [1.807, 2.05) is 56.0 Å². The Kier molecular flexibility index (Phi) is 7.19. The number of hydrogen-bond donors (Lipinski definition) is 1. The van der Waals surface area contributed by atoms with Crippen LogP contribution in [0.15, 0.2) is 30.3 Å². The van der Waals surface area contributed by atoms with Crippen LogP contribution < -0.4 is 4.90 Å². The normalized spacial score (nSPS) is 11.2. The molecule has 0 radical (unpaired) electrons. The molecule has 0 saturated heterocycles. The lowest BCUT2D eigenvalue weighted by Crippen LogP contribution is -2.31. The molecule has 0 saturated carbocycles. The summed E-state index contributed by atoms with van der Waals surface area (Å²) in [5.41, 5.74) is 0.528. The molecule has 118 valence electrons. The molecule has 5 heteroatoms. The van der Waals surface area contributed by atoms with Crippen LogP contribution in [0.25, 0.3) is 0 Å². The number of ether oxygens (including phenoxy) is 2. The van der Waals surface area contributed by atoms with E-state index < -0.39 is 5.60 Å². The van der Waals surface area contributed by atoms with E-state index in [1.165, 1.54) is 0 Å². The second-order valence-corrected chi connectivity index (χ2v) is 5.69. The number of carbonyl (C=O) groups excluding carboxylic acids is 1. The maximum atomic E-state index is 11.5. The van der Waals surface area contributed by atoms with Crippen LogP contribution in [0.4, 0.5) is 5.69 Å². The van der Waals surface area contributed by atoms with Gasteiger partial charge in [-0.1, -0.05) is 18.2 Å². The molecule has 0 amide bonds. The first-order valence-electron chi connectivity index (χ1n) is 7.13. The van der Waals surface area contributed by atoms with E-state index in [0.717, 1.165) is 5.69 Å². The van der Waals surface area contributed by atoms with Crippen LogP contribution in [0.1, 0.15) is 20.8 Å². The van der Waals surface area contributed by atoms with Crippen LogP contribution in [0, 0.1) is 0 Å². The van der Waals surface area contributed by atoms with Gasteiger partial charge in [0.15, 0.2) is 0 Å². The monoisotopic (exact) mass is 295 g/mol. The Balaban J connectivity index is 2.33. The highest BCUT2D eigenvalue weighted by molar-refractivity contribution is 5.71. The van der Waals surface area contributed by atoms with Gasteiger partial charge in [0, 0.05) is 18.8 Å². The lowest BCUT2D eigenvalue weighted by atomic mass is 10.2. The van der Waals surface area contributed by atoms with Gasteiger partial charge in [0.25, 0.3) is 0 Å². The molecule has 1 aromatic carbocycles. The Hall–Kier alpha value is -1.59. The van der Waals surface area contributed by atoms with E-state index in [1.54, 1.807) is 0 Å². The van der Waals surface area contributed by atoms with Gasteiger partial charge in [-0.15, -0.1) is 0 Å². The number of aliphatic hydroxyl groups is 1. The Morgan fingerprint density at radius 3 is 2.43 bits per heavy atom. The average Bonchev–Trinajstić information content (AvgIpc) is 2.41. The van der Waals surface area contributed by atoms with Crippen molar-refractivity contribution in [2.75, 3.05) is 37.8 Å². The fourth-order valence-electron chi connectivity index (χ4n) is 1.83. The number of carbonyl (C=O) groups is 1. The van der Waals surface area contributed by atoms with Crippen LogP contribution in [0.5, 0.6) is 0 Å². The average molecular weight is 295 g/mol. The molecule has 0 heterocycles. The van der Waals surface area contributed by atoms with Gasteiger partial charge in [0.1, 0.15) is 12.2 Å². The molecule has 0 bridgehead atoms. The number of hydrogen-bond acceptors (Lipinski definition) is 5.